The molecule has 0 aliphatic carbocycles. The topological polar surface area (TPSA) is 63.2 Å². The summed E-state index contributed by atoms with van der Waals surface area (Å²) in [5, 5.41) is 6.01. The summed E-state index contributed by atoms with van der Waals surface area (Å²) >= 11 is 6.11. The molecule has 0 spiro atoms. The molecule has 2 N–H and O–H groups in total. The van der Waals surface area contributed by atoms with Gasteiger partial charge in [-0.1, -0.05) is 11.6 Å². The monoisotopic (exact) mass is 305 g/mol. The minimum atomic E-state index is -0.356. The summed E-state index contributed by atoms with van der Waals surface area (Å²) in [6.45, 7) is 3.65. The number of aryl methyl sites for hydroxylation is 1. The SMILES string of the molecule is COc1ccc(NC(=O)Nc2cnc(C)c(Cl)c2C)cc1. The Balaban J connectivity index is 2.06. The normalized spacial score (nSPS) is 10.1. The molecule has 0 atom stereocenters. The minimum Gasteiger partial charge on any atom is -0.497 e. The first-order chi connectivity index (χ1) is 10.0. The molecule has 5 nitrogen and oxygen atoms in total. The average molecular weight is 306 g/mol. The second kappa shape index (κ2) is 6.45. The highest BCUT2D eigenvalue weighted by Crippen LogP contribution is 2.25. The van der Waals surface area contributed by atoms with E-state index >= 15 is 0 Å². The summed E-state index contributed by atoms with van der Waals surface area (Å²) in [6.07, 6.45) is 1.59. The van der Waals surface area contributed by atoms with Crippen molar-refractivity contribution in [3.8, 4) is 5.75 Å². The van der Waals surface area contributed by atoms with E-state index in [1.54, 1.807) is 37.6 Å². The first-order valence-electron chi connectivity index (χ1n) is 6.35. The Bertz CT molecular complexity index is 657. The summed E-state index contributed by atoms with van der Waals surface area (Å²) in [4.78, 5) is 16.1. The fourth-order valence-electron chi connectivity index (χ4n) is 1.79. The number of hydrogen-bond acceptors (Lipinski definition) is 3. The summed E-state index contributed by atoms with van der Waals surface area (Å²) in [5.74, 6) is 0.728. The van der Waals surface area contributed by atoms with Crippen LogP contribution in [0, 0.1) is 13.8 Å². The van der Waals surface area contributed by atoms with E-state index in [0.29, 0.717) is 16.4 Å². The molecular formula is C15H16ClN3O2. The zero-order valence-corrected chi connectivity index (χ0v) is 12.8. The number of urea groups is 1. The van der Waals surface area contributed by atoms with Gasteiger partial charge in [0.2, 0.25) is 0 Å². The first-order valence-corrected chi connectivity index (χ1v) is 6.73. The van der Waals surface area contributed by atoms with Crippen molar-refractivity contribution in [1.82, 2.24) is 4.98 Å². The van der Waals surface area contributed by atoms with E-state index in [1.807, 2.05) is 13.8 Å². The quantitative estimate of drug-likeness (QED) is 0.900. The van der Waals surface area contributed by atoms with E-state index in [-0.39, 0.29) is 6.03 Å². The van der Waals surface area contributed by atoms with Gasteiger partial charge in [-0.15, -0.1) is 0 Å². The number of nitrogens with zero attached hydrogens (tertiary/aromatic N) is 1. The highest BCUT2D eigenvalue weighted by molar-refractivity contribution is 6.32. The van der Waals surface area contributed by atoms with Crippen LogP contribution in [0.15, 0.2) is 30.5 Å². The van der Waals surface area contributed by atoms with Gasteiger partial charge in [0.05, 0.1) is 29.7 Å². The van der Waals surface area contributed by atoms with Crippen LogP contribution in [0.1, 0.15) is 11.3 Å². The predicted molar refractivity (Wildman–Crippen MR) is 84.4 cm³/mol. The Morgan fingerprint density at radius 3 is 2.48 bits per heavy atom. The van der Waals surface area contributed by atoms with Crippen LogP contribution in [0.2, 0.25) is 5.02 Å². The number of amides is 2. The second-order valence-corrected chi connectivity index (χ2v) is 4.88. The molecule has 2 aromatic rings. The molecule has 1 aromatic carbocycles. The molecule has 21 heavy (non-hydrogen) atoms. The van der Waals surface area contributed by atoms with Crippen molar-refractivity contribution >= 4 is 29.0 Å². The molecule has 6 heteroatoms. The molecule has 0 saturated carbocycles. The smallest absolute Gasteiger partial charge is 0.323 e. The van der Waals surface area contributed by atoms with Crippen molar-refractivity contribution in [2.24, 2.45) is 0 Å². The average Bonchev–Trinajstić information content (AvgIpc) is 2.49. The lowest BCUT2D eigenvalue weighted by molar-refractivity contribution is 0.262. The number of methoxy groups -OCH3 is 1. The maximum absolute atomic E-state index is 12.0. The molecule has 1 aromatic heterocycles. The van der Waals surface area contributed by atoms with Crippen molar-refractivity contribution in [2.75, 3.05) is 17.7 Å². The van der Waals surface area contributed by atoms with Crippen molar-refractivity contribution < 1.29 is 9.53 Å². The highest BCUT2D eigenvalue weighted by atomic mass is 35.5. The fraction of sp³-hybridized carbons (Fsp3) is 0.200. The lowest BCUT2D eigenvalue weighted by Crippen LogP contribution is -2.20. The molecule has 0 saturated heterocycles. The lowest BCUT2D eigenvalue weighted by Gasteiger charge is -2.11. The Morgan fingerprint density at radius 2 is 1.86 bits per heavy atom. The van der Waals surface area contributed by atoms with Gasteiger partial charge in [0.25, 0.3) is 0 Å². The maximum Gasteiger partial charge on any atom is 0.323 e. The molecule has 2 rings (SSSR count). The largest absolute Gasteiger partial charge is 0.497 e. The number of carbonyl (C=O) groups is 1. The number of nitrogens with one attached hydrogen (secondary N) is 2. The van der Waals surface area contributed by atoms with Gasteiger partial charge in [-0.05, 0) is 43.7 Å². The first kappa shape index (κ1) is 15.1. The predicted octanol–water partition coefficient (Wildman–Crippen LogP) is 4.00. The highest BCUT2D eigenvalue weighted by Gasteiger charge is 2.09. The standard InChI is InChI=1S/C15H16ClN3O2/c1-9-13(8-17-10(2)14(9)16)19-15(20)18-11-4-6-12(21-3)7-5-11/h4-8H,1-3H3,(H2,18,19,20). The number of carbonyl (C=O) groups excluding carboxylic acids is 1. The molecule has 1 heterocycles. The number of anilines is 2. The van der Waals surface area contributed by atoms with Crippen molar-refractivity contribution in [1.29, 1.82) is 0 Å². The number of pyridine rings is 1. The summed E-state index contributed by atoms with van der Waals surface area (Å²) in [6, 6.07) is 6.69. The van der Waals surface area contributed by atoms with E-state index in [4.69, 9.17) is 16.3 Å². The molecule has 0 bridgehead atoms. The van der Waals surface area contributed by atoms with Crippen molar-refractivity contribution in [3.05, 3.63) is 46.7 Å². The van der Waals surface area contributed by atoms with Crippen LogP contribution in [0.25, 0.3) is 0 Å². The molecule has 0 fully saturated rings. The van der Waals surface area contributed by atoms with Gasteiger partial charge in [-0.2, -0.15) is 0 Å². The van der Waals surface area contributed by atoms with E-state index in [2.05, 4.69) is 15.6 Å². The van der Waals surface area contributed by atoms with Crippen molar-refractivity contribution in [2.45, 2.75) is 13.8 Å². The maximum atomic E-state index is 12.0. The van der Waals surface area contributed by atoms with E-state index < -0.39 is 0 Å². The third-order valence-electron chi connectivity index (χ3n) is 3.03. The minimum absolute atomic E-state index is 0.356. The van der Waals surface area contributed by atoms with Crippen LogP contribution in [0.4, 0.5) is 16.2 Å². The number of ether oxygens (including phenoxy) is 1. The van der Waals surface area contributed by atoms with Gasteiger partial charge in [0.15, 0.2) is 0 Å². The molecular weight excluding hydrogens is 290 g/mol. The zero-order valence-electron chi connectivity index (χ0n) is 12.0. The number of hydrogen-bond donors (Lipinski definition) is 2. The number of rotatable bonds is 3. The number of aromatic nitrogens is 1. The van der Waals surface area contributed by atoms with Gasteiger partial charge in [-0.25, -0.2) is 4.79 Å². The summed E-state index contributed by atoms with van der Waals surface area (Å²) < 4.78 is 5.06. The Kier molecular flexibility index (Phi) is 4.65. The van der Waals surface area contributed by atoms with Gasteiger partial charge in [0, 0.05) is 5.69 Å². The number of halogens is 1. The Morgan fingerprint density at radius 1 is 1.19 bits per heavy atom. The Hall–Kier alpha value is -2.27. The van der Waals surface area contributed by atoms with E-state index in [0.717, 1.165) is 17.0 Å². The second-order valence-electron chi connectivity index (χ2n) is 4.50. The molecule has 2 amide bonds. The van der Waals surface area contributed by atoms with Crippen LogP contribution < -0.4 is 15.4 Å². The van der Waals surface area contributed by atoms with Crippen LogP contribution in [-0.2, 0) is 0 Å². The summed E-state index contributed by atoms with van der Waals surface area (Å²) in [7, 11) is 1.59. The summed E-state index contributed by atoms with van der Waals surface area (Å²) in [5.41, 5.74) is 2.76. The molecule has 0 aliphatic heterocycles. The van der Waals surface area contributed by atoms with E-state index in [1.165, 1.54) is 0 Å². The molecule has 0 unspecified atom stereocenters. The molecule has 0 aliphatic rings. The zero-order chi connectivity index (χ0) is 15.4. The fourth-order valence-corrected chi connectivity index (χ4v) is 1.94. The van der Waals surface area contributed by atoms with Gasteiger partial charge in [-0.3, -0.25) is 4.98 Å². The van der Waals surface area contributed by atoms with Crippen molar-refractivity contribution in [3.63, 3.8) is 0 Å². The van der Waals surface area contributed by atoms with Gasteiger partial charge in [0.1, 0.15) is 5.75 Å². The van der Waals surface area contributed by atoms with Crippen LogP contribution in [-0.4, -0.2) is 18.1 Å². The third kappa shape index (κ3) is 3.64. The lowest BCUT2D eigenvalue weighted by atomic mass is 10.2. The van der Waals surface area contributed by atoms with Crippen LogP contribution in [0.3, 0.4) is 0 Å². The van der Waals surface area contributed by atoms with Gasteiger partial charge < -0.3 is 15.4 Å². The Labute approximate surface area is 128 Å². The van der Waals surface area contributed by atoms with Crippen LogP contribution in [0.5, 0.6) is 5.75 Å². The van der Waals surface area contributed by atoms with E-state index in [9.17, 15) is 4.79 Å². The number of benzene rings is 1. The van der Waals surface area contributed by atoms with Crippen LogP contribution >= 0.6 is 11.6 Å². The van der Waals surface area contributed by atoms with Gasteiger partial charge >= 0.3 is 6.03 Å². The third-order valence-corrected chi connectivity index (χ3v) is 3.59. The molecule has 0 radical (unpaired) electrons. The molecule has 110 valence electrons.